The van der Waals surface area contributed by atoms with Crippen LogP contribution in [-0.4, -0.2) is 26.5 Å². The summed E-state index contributed by atoms with van der Waals surface area (Å²) in [6.07, 6.45) is 5.10. The van der Waals surface area contributed by atoms with Crippen LogP contribution in [-0.2, 0) is 10.0 Å². The molecular formula is C10H12BrNO2S3. The molecule has 7 heteroatoms. The number of hydrogen-bond acceptors (Lipinski definition) is 4. The van der Waals surface area contributed by atoms with Gasteiger partial charge in [-0.15, -0.1) is 29.5 Å². The van der Waals surface area contributed by atoms with E-state index in [1.165, 1.54) is 23.1 Å². The lowest BCUT2D eigenvalue weighted by Crippen LogP contribution is -2.26. The first-order valence-corrected chi connectivity index (χ1v) is 8.99. The van der Waals surface area contributed by atoms with Gasteiger partial charge in [0, 0.05) is 17.2 Å². The van der Waals surface area contributed by atoms with Crippen molar-refractivity contribution in [3.8, 4) is 12.3 Å². The largest absolute Gasteiger partial charge is 0.241 e. The van der Waals surface area contributed by atoms with Gasteiger partial charge in [-0.05, 0) is 28.9 Å². The second-order valence-corrected chi connectivity index (χ2v) is 8.60. The molecule has 0 radical (unpaired) electrons. The van der Waals surface area contributed by atoms with E-state index in [2.05, 4.69) is 26.6 Å². The van der Waals surface area contributed by atoms with Crippen molar-refractivity contribution in [2.24, 2.45) is 0 Å². The molecule has 1 heterocycles. The third kappa shape index (κ3) is 4.64. The van der Waals surface area contributed by atoms with Crippen molar-refractivity contribution < 1.29 is 8.42 Å². The number of nitrogens with one attached hydrogen (secondary N) is 1. The SMILES string of the molecule is C#CCSCCNS(=O)(=O)c1cc(Br)sc1C. The van der Waals surface area contributed by atoms with Crippen LogP contribution in [0.25, 0.3) is 0 Å². The lowest BCUT2D eigenvalue weighted by Gasteiger charge is -2.05. The van der Waals surface area contributed by atoms with E-state index in [0.717, 1.165) is 8.66 Å². The summed E-state index contributed by atoms with van der Waals surface area (Å²) in [6.45, 7) is 2.18. The van der Waals surface area contributed by atoms with Gasteiger partial charge in [-0.25, -0.2) is 13.1 Å². The number of terminal acetylenes is 1. The monoisotopic (exact) mass is 353 g/mol. The predicted molar refractivity (Wildman–Crippen MR) is 78.1 cm³/mol. The first-order chi connectivity index (χ1) is 7.97. The minimum Gasteiger partial charge on any atom is -0.210 e. The number of hydrogen-bond donors (Lipinski definition) is 1. The van der Waals surface area contributed by atoms with Crippen LogP contribution in [0, 0.1) is 19.3 Å². The Balaban J connectivity index is 2.58. The molecule has 1 rings (SSSR count). The highest BCUT2D eigenvalue weighted by Gasteiger charge is 2.18. The highest BCUT2D eigenvalue weighted by molar-refractivity contribution is 9.11. The van der Waals surface area contributed by atoms with E-state index >= 15 is 0 Å². The van der Waals surface area contributed by atoms with Gasteiger partial charge >= 0.3 is 0 Å². The molecule has 94 valence electrons. The third-order valence-electron chi connectivity index (χ3n) is 1.86. The first kappa shape index (κ1) is 15.1. The normalized spacial score (nSPS) is 11.4. The summed E-state index contributed by atoms with van der Waals surface area (Å²) in [5, 5.41) is 0. The molecule has 0 unspecified atom stereocenters. The third-order valence-corrected chi connectivity index (χ3v) is 5.99. The zero-order valence-electron chi connectivity index (χ0n) is 9.20. The fourth-order valence-corrected chi connectivity index (χ4v) is 5.24. The topological polar surface area (TPSA) is 46.2 Å². The Kier molecular flexibility index (Phi) is 6.03. The molecule has 0 aliphatic heterocycles. The minimum atomic E-state index is -3.39. The Morgan fingerprint density at radius 3 is 2.88 bits per heavy atom. The second kappa shape index (κ2) is 6.81. The summed E-state index contributed by atoms with van der Waals surface area (Å²) in [6, 6.07) is 1.62. The standard InChI is InChI=1S/C10H12BrNO2S3/c1-3-5-15-6-4-12-17(13,14)9-7-10(11)16-8(9)2/h1,7,12H,4-6H2,2H3. The first-order valence-electron chi connectivity index (χ1n) is 4.74. The van der Waals surface area contributed by atoms with Crippen LogP contribution in [0.5, 0.6) is 0 Å². The zero-order valence-corrected chi connectivity index (χ0v) is 13.2. The zero-order chi connectivity index (χ0) is 12.9. The summed E-state index contributed by atoms with van der Waals surface area (Å²) < 4.78 is 27.2. The molecule has 0 atom stereocenters. The molecule has 0 fully saturated rings. The molecule has 3 nitrogen and oxygen atoms in total. The number of thiophene rings is 1. The maximum atomic E-state index is 11.9. The Morgan fingerprint density at radius 2 is 2.35 bits per heavy atom. The van der Waals surface area contributed by atoms with E-state index < -0.39 is 10.0 Å². The van der Waals surface area contributed by atoms with Crippen molar-refractivity contribution >= 4 is 49.1 Å². The van der Waals surface area contributed by atoms with Crippen molar-refractivity contribution in [3.63, 3.8) is 0 Å². The van der Waals surface area contributed by atoms with Gasteiger partial charge in [-0.3, -0.25) is 0 Å². The van der Waals surface area contributed by atoms with Crippen LogP contribution in [0.15, 0.2) is 14.7 Å². The van der Waals surface area contributed by atoms with Crippen LogP contribution >= 0.6 is 39.0 Å². The highest BCUT2D eigenvalue weighted by Crippen LogP contribution is 2.29. The number of thioether (sulfide) groups is 1. The van der Waals surface area contributed by atoms with Gasteiger partial charge in [-0.1, -0.05) is 5.92 Å². The lowest BCUT2D eigenvalue weighted by atomic mass is 10.5. The molecule has 0 aliphatic carbocycles. The van der Waals surface area contributed by atoms with Crippen LogP contribution in [0.3, 0.4) is 0 Å². The molecule has 1 aromatic rings. The van der Waals surface area contributed by atoms with Gasteiger partial charge in [-0.2, -0.15) is 0 Å². The molecule has 0 bridgehead atoms. The molecule has 0 aromatic carbocycles. The maximum absolute atomic E-state index is 11.9. The molecule has 1 aromatic heterocycles. The number of sulfonamides is 1. The van der Waals surface area contributed by atoms with Gasteiger partial charge in [0.15, 0.2) is 0 Å². The maximum Gasteiger partial charge on any atom is 0.241 e. The van der Waals surface area contributed by atoms with Crippen LogP contribution in [0.1, 0.15) is 4.88 Å². The summed E-state index contributed by atoms with van der Waals surface area (Å²) in [5.41, 5.74) is 0. The van der Waals surface area contributed by atoms with Gasteiger partial charge in [0.25, 0.3) is 0 Å². The summed E-state index contributed by atoms with van der Waals surface area (Å²) in [5.74, 6) is 3.77. The van der Waals surface area contributed by atoms with E-state index in [-0.39, 0.29) is 0 Å². The molecule has 0 aliphatic rings. The van der Waals surface area contributed by atoms with Crippen LogP contribution < -0.4 is 4.72 Å². The minimum absolute atomic E-state index is 0.344. The van der Waals surface area contributed by atoms with Gasteiger partial charge in [0.05, 0.1) is 14.4 Å². The van der Waals surface area contributed by atoms with E-state index in [1.54, 1.807) is 13.0 Å². The molecule has 0 spiro atoms. The van der Waals surface area contributed by atoms with Crippen LogP contribution in [0.2, 0.25) is 0 Å². The molecular weight excluding hydrogens is 342 g/mol. The number of rotatable bonds is 6. The van der Waals surface area contributed by atoms with Crippen molar-refractivity contribution in [2.75, 3.05) is 18.1 Å². The molecule has 1 N–H and O–H groups in total. The Bertz CT molecular complexity index is 516. The van der Waals surface area contributed by atoms with Gasteiger partial charge in [0.2, 0.25) is 10.0 Å². The summed E-state index contributed by atoms with van der Waals surface area (Å²) in [4.78, 5) is 1.12. The van der Waals surface area contributed by atoms with Crippen LogP contribution in [0.4, 0.5) is 0 Å². The quantitative estimate of drug-likeness (QED) is 0.631. The van der Waals surface area contributed by atoms with Crippen molar-refractivity contribution in [3.05, 3.63) is 14.7 Å². The Morgan fingerprint density at radius 1 is 1.65 bits per heavy atom. The van der Waals surface area contributed by atoms with E-state index in [1.807, 2.05) is 0 Å². The predicted octanol–water partition coefficient (Wildman–Crippen LogP) is 2.46. The fraction of sp³-hybridized carbons (Fsp3) is 0.400. The average molecular weight is 354 g/mol. The second-order valence-electron chi connectivity index (χ2n) is 3.13. The number of halogens is 1. The van der Waals surface area contributed by atoms with E-state index in [4.69, 9.17) is 6.42 Å². The molecule has 17 heavy (non-hydrogen) atoms. The van der Waals surface area contributed by atoms with Crippen molar-refractivity contribution in [1.29, 1.82) is 0 Å². The molecule has 0 amide bonds. The summed E-state index contributed by atoms with van der Waals surface area (Å²) in [7, 11) is -3.39. The highest BCUT2D eigenvalue weighted by atomic mass is 79.9. The Hall–Kier alpha value is -0.0000000000000000833. The van der Waals surface area contributed by atoms with Gasteiger partial charge in [0.1, 0.15) is 0 Å². The molecule has 0 saturated carbocycles. The number of aryl methyl sites for hydroxylation is 1. The smallest absolute Gasteiger partial charge is 0.210 e. The van der Waals surface area contributed by atoms with E-state index in [0.29, 0.717) is 22.9 Å². The fourth-order valence-electron chi connectivity index (χ4n) is 1.15. The Labute approximate surface area is 119 Å². The van der Waals surface area contributed by atoms with Crippen molar-refractivity contribution in [2.45, 2.75) is 11.8 Å². The van der Waals surface area contributed by atoms with Gasteiger partial charge < -0.3 is 0 Å². The van der Waals surface area contributed by atoms with E-state index in [9.17, 15) is 8.42 Å². The molecule has 0 saturated heterocycles. The lowest BCUT2D eigenvalue weighted by molar-refractivity contribution is 0.584. The summed E-state index contributed by atoms with van der Waals surface area (Å²) >= 11 is 6.22. The van der Waals surface area contributed by atoms with Crippen molar-refractivity contribution in [1.82, 2.24) is 4.72 Å². The average Bonchev–Trinajstić information content (AvgIpc) is 2.58.